The molecule has 4 rings (SSSR count). The summed E-state index contributed by atoms with van der Waals surface area (Å²) in [4.78, 5) is 15.2. The molecule has 0 spiro atoms. The molecule has 4 N–H and O–H groups in total. The molecular formula is C21H21ClN2O2S. The van der Waals surface area contributed by atoms with Crippen LogP contribution in [0.1, 0.15) is 19.4 Å². The fourth-order valence-corrected chi connectivity index (χ4v) is 4.13. The van der Waals surface area contributed by atoms with Gasteiger partial charge in [-0.15, -0.1) is 23.7 Å². The number of fused-ring (bicyclic) bond motifs is 3. The number of hydrogen-bond acceptors (Lipinski definition) is 4. The second-order valence-corrected chi connectivity index (χ2v) is 8.08. The molecule has 0 aliphatic carbocycles. The number of aromatic hydroxyl groups is 1. The van der Waals surface area contributed by atoms with Crippen LogP contribution in [0.25, 0.3) is 32.1 Å². The number of H-pyrrole nitrogens is 1. The van der Waals surface area contributed by atoms with Crippen molar-refractivity contribution in [3.63, 3.8) is 0 Å². The fraction of sp³-hybridized carbons (Fsp3) is 0.190. The first-order chi connectivity index (χ1) is 12.4. The van der Waals surface area contributed by atoms with Gasteiger partial charge in [0.2, 0.25) is 0 Å². The van der Waals surface area contributed by atoms with Gasteiger partial charge >= 0.3 is 0 Å². The van der Waals surface area contributed by atoms with Crippen molar-refractivity contribution in [3.8, 4) is 16.9 Å². The maximum atomic E-state index is 12.3. The normalized spacial score (nSPS) is 11.7. The summed E-state index contributed by atoms with van der Waals surface area (Å²) in [6, 6.07) is 13.4. The van der Waals surface area contributed by atoms with Crippen LogP contribution in [0.4, 0.5) is 0 Å². The third-order valence-electron chi connectivity index (χ3n) is 5.04. The minimum Gasteiger partial charge on any atom is -0.507 e. The molecule has 2 aromatic carbocycles. The molecule has 0 unspecified atom stereocenters. The smallest absolute Gasteiger partial charge is 0.266 e. The summed E-state index contributed by atoms with van der Waals surface area (Å²) >= 11 is 1.41. The number of nitrogens with one attached hydrogen (secondary N) is 1. The van der Waals surface area contributed by atoms with Gasteiger partial charge in [-0.2, -0.15) is 0 Å². The fourth-order valence-electron chi connectivity index (χ4n) is 3.33. The van der Waals surface area contributed by atoms with Gasteiger partial charge < -0.3 is 15.8 Å². The summed E-state index contributed by atoms with van der Waals surface area (Å²) in [7, 11) is 0. The molecule has 0 radical (unpaired) electrons. The summed E-state index contributed by atoms with van der Waals surface area (Å²) in [5.74, 6) is 0.197. The molecule has 0 saturated heterocycles. The molecule has 6 heteroatoms. The highest BCUT2D eigenvalue weighted by atomic mass is 35.5. The highest BCUT2D eigenvalue weighted by Crippen LogP contribution is 2.40. The Balaban J connectivity index is 0.00000210. The van der Waals surface area contributed by atoms with E-state index in [2.05, 4.69) is 31.0 Å². The second kappa shape index (κ2) is 7.00. The number of aromatic amines is 1. The van der Waals surface area contributed by atoms with E-state index in [4.69, 9.17) is 5.73 Å². The highest BCUT2D eigenvalue weighted by Gasteiger charge is 2.19. The third kappa shape index (κ3) is 3.12. The average molecular weight is 401 g/mol. The molecule has 27 heavy (non-hydrogen) atoms. The average Bonchev–Trinajstić information content (AvgIpc) is 3.13. The van der Waals surface area contributed by atoms with Crippen LogP contribution < -0.4 is 11.3 Å². The van der Waals surface area contributed by atoms with Crippen molar-refractivity contribution in [1.82, 2.24) is 4.98 Å². The van der Waals surface area contributed by atoms with Gasteiger partial charge in [-0.25, -0.2) is 0 Å². The Morgan fingerprint density at radius 3 is 2.48 bits per heavy atom. The minimum atomic E-state index is -0.106. The van der Waals surface area contributed by atoms with E-state index < -0.39 is 0 Å². The van der Waals surface area contributed by atoms with Gasteiger partial charge in [0.05, 0.1) is 0 Å². The van der Waals surface area contributed by atoms with Gasteiger partial charge in [-0.1, -0.05) is 38.1 Å². The van der Waals surface area contributed by atoms with E-state index >= 15 is 0 Å². The molecule has 0 bridgehead atoms. The van der Waals surface area contributed by atoms with Crippen LogP contribution in [-0.2, 0) is 5.41 Å². The van der Waals surface area contributed by atoms with Gasteiger partial charge in [0.25, 0.3) is 5.56 Å². The molecule has 0 fully saturated rings. The third-order valence-corrected chi connectivity index (χ3v) is 5.95. The zero-order valence-electron chi connectivity index (χ0n) is 15.1. The van der Waals surface area contributed by atoms with Gasteiger partial charge in [0, 0.05) is 33.8 Å². The number of benzene rings is 2. The van der Waals surface area contributed by atoms with E-state index in [0.29, 0.717) is 11.2 Å². The van der Waals surface area contributed by atoms with Gasteiger partial charge in [-0.05, 0) is 34.7 Å². The Morgan fingerprint density at radius 2 is 1.81 bits per heavy atom. The molecule has 140 valence electrons. The zero-order chi connectivity index (χ0) is 18.5. The first-order valence-electron chi connectivity index (χ1n) is 8.48. The highest BCUT2D eigenvalue weighted by molar-refractivity contribution is 7.17. The largest absolute Gasteiger partial charge is 0.507 e. The number of aromatic nitrogens is 1. The van der Waals surface area contributed by atoms with E-state index in [1.807, 2.05) is 23.6 Å². The predicted molar refractivity (Wildman–Crippen MR) is 116 cm³/mol. The summed E-state index contributed by atoms with van der Waals surface area (Å²) in [6.45, 7) is 4.77. The summed E-state index contributed by atoms with van der Waals surface area (Å²) in [5, 5.41) is 14.2. The Bertz CT molecular complexity index is 1180. The number of halogens is 1. The van der Waals surface area contributed by atoms with Gasteiger partial charge in [-0.3, -0.25) is 4.79 Å². The lowest BCUT2D eigenvalue weighted by molar-refractivity contribution is 0.478. The minimum absolute atomic E-state index is 0. The maximum Gasteiger partial charge on any atom is 0.266 e. The Kier molecular flexibility index (Phi) is 5.04. The lowest BCUT2D eigenvalue weighted by atomic mass is 9.84. The molecule has 0 aliphatic rings. The van der Waals surface area contributed by atoms with E-state index in [9.17, 15) is 9.90 Å². The molecule has 2 aromatic heterocycles. The summed E-state index contributed by atoms with van der Waals surface area (Å²) < 4.78 is 0.672. The number of hydrogen-bond donors (Lipinski definition) is 3. The number of nitrogens with two attached hydrogens (primary N) is 1. The first kappa shape index (κ1) is 19.4. The first-order valence-corrected chi connectivity index (χ1v) is 9.36. The number of phenols is 1. The second-order valence-electron chi connectivity index (χ2n) is 7.17. The van der Waals surface area contributed by atoms with Crippen LogP contribution in [0, 0.1) is 0 Å². The molecule has 2 heterocycles. The zero-order valence-corrected chi connectivity index (χ0v) is 16.7. The standard InChI is InChI=1S/C21H20N2O2S.ClH/c1-21(2,11-22)13-5-3-12(4-6-13)17-16(24)8-7-15-18(17)14-9-10-26-19(14)20(25)23-15;/h3-10,24H,11,22H2,1-2H3,(H,23,25);1H. The number of thiophene rings is 1. The predicted octanol–water partition coefficient (Wildman–Crippen LogP) is 4.77. The van der Waals surface area contributed by atoms with Crippen molar-refractivity contribution in [2.75, 3.05) is 6.54 Å². The molecule has 4 aromatic rings. The van der Waals surface area contributed by atoms with Crippen LogP contribution in [0.2, 0.25) is 0 Å². The monoisotopic (exact) mass is 400 g/mol. The van der Waals surface area contributed by atoms with E-state index in [1.54, 1.807) is 12.1 Å². The van der Waals surface area contributed by atoms with Gasteiger partial charge in [0.15, 0.2) is 0 Å². The van der Waals surface area contributed by atoms with E-state index in [0.717, 1.165) is 33.0 Å². The Labute approximate surface area is 167 Å². The van der Waals surface area contributed by atoms with Crippen molar-refractivity contribution in [1.29, 1.82) is 0 Å². The molecule has 0 saturated carbocycles. The number of rotatable bonds is 3. The van der Waals surface area contributed by atoms with E-state index in [1.165, 1.54) is 11.3 Å². The summed E-state index contributed by atoms with van der Waals surface area (Å²) in [6.07, 6.45) is 0. The SMILES string of the molecule is CC(C)(CN)c1ccc(-c2c(O)ccc3[nH]c(=O)c4sccc4c23)cc1.Cl. The van der Waals surface area contributed by atoms with Crippen molar-refractivity contribution in [2.24, 2.45) is 5.73 Å². The van der Waals surface area contributed by atoms with Crippen LogP contribution in [0.5, 0.6) is 5.75 Å². The lowest BCUT2D eigenvalue weighted by Gasteiger charge is -2.23. The summed E-state index contributed by atoms with van der Waals surface area (Å²) in [5.41, 5.74) is 9.19. The Morgan fingerprint density at radius 1 is 1.11 bits per heavy atom. The van der Waals surface area contributed by atoms with Gasteiger partial charge in [0.1, 0.15) is 10.4 Å². The van der Waals surface area contributed by atoms with Crippen LogP contribution in [0.15, 0.2) is 52.6 Å². The lowest BCUT2D eigenvalue weighted by Crippen LogP contribution is -2.27. The molecule has 0 atom stereocenters. The molecule has 0 aliphatic heterocycles. The van der Waals surface area contributed by atoms with Crippen molar-refractivity contribution in [3.05, 3.63) is 63.8 Å². The van der Waals surface area contributed by atoms with Crippen LogP contribution in [0.3, 0.4) is 0 Å². The Hall–Kier alpha value is -2.34. The van der Waals surface area contributed by atoms with Crippen LogP contribution >= 0.6 is 23.7 Å². The van der Waals surface area contributed by atoms with E-state index in [-0.39, 0.29) is 29.1 Å². The maximum absolute atomic E-state index is 12.3. The quantitative estimate of drug-likeness (QED) is 0.463. The molecular weight excluding hydrogens is 380 g/mol. The molecule has 0 amide bonds. The van der Waals surface area contributed by atoms with Crippen molar-refractivity contribution < 1.29 is 5.11 Å². The molecule has 4 nitrogen and oxygen atoms in total. The topological polar surface area (TPSA) is 79.1 Å². The van der Waals surface area contributed by atoms with Crippen molar-refractivity contribution >= 4 is 44.7 Å². The van der Waals surface area contributed by atoms with Crippen LogP contribution in [-0.4, -0.2) is 16.6 Å². The number of pyridine rings is 1. The van der Waals surface area contributed by atoms with Crippen molar-refractivity contribution in [2.45, 2.75) is 19.3 Å². The number of phenolic OH excluding ortho intramolecular Hbond substituents is 1.